The van der Waals surface area contributed by atoms with Crippen LogP contribution in [0.3, 0.4) is 0 Å². The van der Waals surface area contributed by atoms with E-state index in [1.54, 1.807) is 61.7 Å². The van der Waals surface area contributed by atoms with E-state index in [-0.39, 0.29) is 11.3 Å². The van der Waals surface area contributed by atoms with Gasteiger partial charge in [0.1, 0.15) is 17.3 Å². The first-order chi connectivity index (χ1) is 17.2. The molecular weight excluding hydrogens is 454 g/mol. The van der Waals surface area contributed by atoms with Crippen LogP contribution in [0.25, 0.3) is 5.76 Å². The summed E-state index contributed by atoms with van der Waals surface area (Å²) < 4.78 is 11.1. The monoisotopic (exact) mass is 485 g/mol. The minimum atomic E-state index is -0.806. The molecule has 0 aliphatic carbocycles. The van der Waals surface area contributed by atoms with Gasteiger partial charge in [0.15, 0.2) is 0 Å². The molecule has 1 heterocycles. The van der Waals surface area contributed by atoms with Crippen LogP contribution < -0.4 is 14.4 Å². The third-order valence-corrected chi connectivity index (χ3v) is 6.35. The van der Waals surface area contributed by atoms with Gasteiger partial charge in [0, 0.05) is 11.3 Å². The van der Waals surface area contributed by atoms with Crippen LogP contribution in [-0.2, 0) is 9.59 Å². The van der Waals surface area contributed by atoms with Gasteiger partial charge < -0.3 is 14.6 Å². The highest BCUT2D eigenvalue weighted by molar-refractivity contribution is 6.51. The summed E-state index contributed by atoms with van der Waals surface area (Å²) in [6.07, 6.45) is 0. The molecule has 1 amide bonds. The zero-order valence-electron chi connectivity index (χ0n) is 21.2. The maximum atomic E-state index is 13.4. The molecule has 3 aromatic rings. The topological polar surface area (TPSA) is 76.1 Å². The number of methoxy groups -OCH3 is 1. The molecule has 0 bridgehead atoms. The molecule has 1 aliphatic heterocycles. The van der Waals surface area contributed by atoms with Crippen molar-refractivity contribution in [2.45, 2.75) is 33.7 Å². The summed E-state index contributed by atoms with van der Waals surface area (Å²) in [7, 11) is 1.57. The maximum Gasteiger partial charge on any atom is 0.300 e. The van der Waals surface area contributed by atoms with E-state index in [2.05, 4.69) is 13.8 Å². The fourth-order valence-corrected chi connectivity index (χ4v) is 4.21. The van der Waals surface area contributed by atoms with Crippen LogP contribution in [0.4, 0.5) is 5.69 Å². The van der Waals surface area contributed by atoms with E-state index in [1.807, 2.05) is 26.0 Å². The lowest BCUT2D eigenvalue weighted by atomic mass is 9.94. The number of aliphatic hydroxyl groups excluding tert-OH is 1. The van der Waals surface area contributed by atoms with E-state index in [4.69, 9.17) is 9.47 Å². The van der Waals surface area contributed by atoms with Crippen LogP contribution >= 0.6 is 0 Å². The smallest absolute Gasteiger partial charge is 0.300 e. The Morgan fingerprint density at radius 3 is 2.14 bits per heavy atom. The van der Waals surface area contributed by atoms with Crippen LogP contribution in [0.5, 0.6) is 11.5 Å². The van der Waals surface area contributed by atoms with Gasteiger partial charge in [-0.1, -0.05) is 38.1 Å². The summed E-state index contributed by atoms with van der Waals surface area (Å²) in [4.78, 5) is 28.1. The Morgan fingerprint density at radius 1 is 0.917 bits per heavy atom. The van der Waals surface area contributed by atoms with Gasteiger partial charge in [0.2, 0.25) is 0 Å². The van der Waals surface area contributed by atoms with Crippen molar-refractivity contribution in [2.75, 3.05) is 18.6 Å². The molecule has 1 saturated heterocycles. The van der Waals surface area contributed by atoms with Gasteiger partial charge in [-0.05, 0) is 78.9 Å². The highest BCUT2D eigenvalue weighted by atomic mass is 16.5. The summed E-state index contributed by atoms with van der Waals surface area (Å²) >= 11 is 0. The minimum absolute atomic E-state index is 0.0496. The summed E-state index contributed by atoms with van der Waals surface area (Å²) in [5.41, 5.74) is 3.81. The van der Waals surface area contributed by atoms with Crippen LogP contribution in [0, 0.1) is 19.8 Å². The first kappa shape index (κ1) is 25.0. The third kappa shape index (κ3) is 4.85. The molecule has 0 radical (unpaired) electrons. The second-order valence-corrected chi connectivity index (χ2v) is 9.44. The molecule has 1 aliphatic rings. The van der Waals surface area contributed by atoms with Gasteiger partial charge in [-0.3, -0.25) is 14.5 Å². The van der Waals surface area contributed by atoms with E-state index < -0.39 is 17.7 Å². The number of hydrogen-bond donors (Lipinski definition) is 1. The predicted octanol–water partition coefficient (Wildman–Crippen LogP) is 5.97. The molecule has 1 atom stereocenters. The number of hydrogen-bond acceptors (Lipinski definition) is 5. The number of nitrogens with zero attached hydrogens (tertiary/aromatic N) is 1. The number of ether oxygens (including phenoxy) is 2. The average Bonchev–Trinajstić information content (AvgIpc) is 3.14. The van der Waals surface area contributed by atoms with E-state index in [0.717, 1.165) is 11.1 Å². The van der Waals surface area contributed by atoms with Gasteiger partial charge in [0.25, 0.3) is 11.7 Å². The fraction of sp³-hybridized carbons (Fsp3) is 0.267. The van der Waals surface area contributed by atoms with E-state index >= 15 is 0 Å². The molecule has 6 nitrogen and oxygen atoms in total. The number of anilines is 1. The highest BCUT2D eigenvalue weighted by Crippen LogP contribution is 2.43. The lowest BCUT2D eigenvalue weighted by Crippen LogP contribution is -2.29. The number of aryl methyl sites for hydroxylation is 2. The lowest BCUT2D eigenvalue weighted by molar-refractivity contribution is -0.132. The Labute approximate surface area is 211 Å². The second kappa shape index (κ2) is 10.3. The van der Waals surface area contributed by atoms with Gasteiger partial charge in [-0.25, -0.2) is 0 Å². The normalized spacial score (nSPS) is 17.1. The Hall–Kier alpha value is -4.06. The molecule has 1 fully saturated rings. The molecule has 1 N–H and O–H groups in total. The first-order valence-electron chi connectivity index (χ1n) is 12.0. The van der Waals surface area contributed by atoms with E-state index in [9.17, 15) is 14.7 Å². The number of Topliss-reactive ketones (excluding diaryl/α,β-unsaturated/α-hetero) is 1. The molecule has 1 unspecified atom stereocenters. The molecule has 186 valence electrons. The SMILES string of the molecule is COc1ccc(C2/C(=C(/O)c3ccc(C)c(C)c3)C(=O)C(=O)N2c2ccc(OCC(C)C)cc2)cc1. The Morgan fingerprint density at radius 2 is 1.56 bits per heavy atom. The van der Waals surface area contributed by atoms with Crippen LogP contribution in [0.1, 0.15) is 42.1 Å². The number of amides is 1. The van der Waals surface area contributed by atoms with Crippen molar-refractivity contribution in [1.82, 2.24) is 0 Å². The number of ketones is 1. The predicted molar refractivity (Wildman–Crippen MR) is 140 cm³/mol. The standard InChI is InChI=1S/C30H31NO5/c1-18(2)17-36-25-14-10-23(11-15-25)31-27(21-8-12-24(35-5)13-9-21)26(29(33)30(31)34)28(32)22-7-6-19(3)20(4)16-22/h6-16,18,27,32H,17H2,1-5H3/b28-26-. The van der Waals surface area contributed by atoms with Crippen molar-refractivity contribution in [3.05, 3.63) is 94.6 Å². The van der Waals surface area contributed by atoms with Gasteiger partial charge in [-0.2, -0.15) is 0 Å². The van der Waals surface area contributed by atoms with Crippen molar-refractivity contribution in [3.8, 4) is 11.5 Å². The van der Waals surface area contributed by atoms with Crippen molar-refractivity contribution < 1.29 is 24.2 Å². The van der Waals surface area contributed by atoms with Crippen LogP contribution in [0.2, 0.25) is 0 Å². The largest absolute Gasteiger partial charge is 0.507 e. The molecule has 4 rings (SSSR count). The summed E-state index contributed by atoms with van der Waals surface area (Å²) in [5.74, 6) is 0.0834. The highest BCUT2D eigenvalue weighted by Gasteiger charge is 2.47. The van der Waals surface area contributed by atoms with Crippen molar-refractivity contribution in [1.29, 1.82) is 0 Å². The third-order valence-electron chi connectivity index (χ3n) is 6.35. The molecule has 0 saturated carbocycles. The van der Waals surface area contributed by atoms with Crippen molar-refractivity contribution in [3.63, 3.8) is 0 Å². The van der Waals surface area contributed by atoms with E-state index in [0.29, 0.717) is 40.8 Å². The number of carbonyl (C=O) groups excluding carboxylic acids is 2. The van der Waals surface area contributed by atoms with Crippen LogP contribution in [0.15, 0.2) is 72.3 Å². The molecular formula is C30H31NO5. The van der Waals surface area contributed by atoms with Gasteiger partial charge >= 0.3 is 0 Å². The fourth-order valence-electron chi connectivity index (χ4n) is 4.21. The number of rotatable bonds is 7. The zero-order chi connectivity index (χ0) is 26.0. The van der Waals surface area contributed by atoms with Gasteiger partial charge in [-0.15, -0.1) is 0 Å². The molecule has 36 heavy (non-hydrogen) atoms. The van der Waals surface area contributed by atoms with Crippen molar-refractivity contribution in [2.24, 2.45) is 5.92 Å². The number of aliphatic hydroxyl groups is 1. The van der Waals surface area contributed by atoms with Gasteiger partial charge in [0.05, 0.1) is 25.3 Å². The summed E-state index contributed by atoms with van der Waals surface area (Å²) in [5, 5.41) is 11.3. The minimum Gasteiger partial charge on any atom is -0.507 e. The molecule has 3 aromatic carbocycles. The first-order valence-corrected chi connectivity index (χ1v) is 12.0. The lowest BCUT2D eigenvalue weighted by Gasteiger charge is -2.26. The quantitative estimate of drug-likeness (QED) is 0.253. The second-order valence-electron chi connectivity index (χ2n) is 9.44. The maximum absolute atomic E-state index is 13.4. The Balaban J connectivity index is 1.83. The van der Waals surface area contributed by atoms with E-state index in [1.165, 1.54) is 4.90 Å². The average molecular weight is 486 g/mol. The number of carbonyl (C=O) groups is 2. The Bertz CT molecular complexity index is 1310. The molecule has 6 heteroatoms. The summed E-state index contributed by atoms with van der Waals surface area (Å²) in [6.45, 7) is 8.63. The number of benzene rings is 3. The molecule has 0 spiro atoms. The zero-order valence-corrected chi connectivity index (χ0v) is 21.2. The Kier molecular flexibility index (Phi) is 7.15. The van der Waals surface area contributed by atoms with Crippen LogP contribution in [-0.4, -0.2) is 30.5 Å². The molecule has 0 aromatic heterocycles. The summed E-state index contributed by atoms with van der Waals surface area (Å²) in [6, 6.07) is 18.9. The van der Waals surface area contributed by atoms with Crippen molar-refractivity contribution >= 4 is 23.1 Å².